The Bertz CT molecular complexity index is 1140. The van der Waals surface area contributed by atoms with E-state index in [-0.39, 0.29) is 30.7 Å². The Morgan fingerprint density at radius 2 is 1.56 bits per heavy atom. The van der Waals surface area contributed by atoms with Crippen LogP contribution in [0, 0.1) is 29.1 Å². The summed E-state index contributed by atoms with van der Waals surface area (Å²) in [7, 11) is 3.29. The highest BCUT2D eigenvalue weighted by atomic mass is 16.5. The number of hydrogen-bond acceptors (Lipinski definition) is 10. The number of primary amides is 1. The fraction of sp³-hybridized carbons (Fsp3) is 0.706. The second-order valence-corrected chi connectivity index (χ2v) is 13.4. The molecule has 14 nitrogen and oxygen atoms in total. The van der Waals surface area contributed by atoms with Crippen molar-refractivity contribution in [2.45, 2.75) is 91.8 Å². The van der Waals surface area contributed by atoms with E-state index >= 15 is 0 Å². The fourth-order valence-electron chi connectivity index (χ4n) is 4.67. The second kappa shape index (κ2) is 22.2. The first kappa shape index (κ1) is 44.5. The lowest BCUT2D eigenvalue weighted by Gasteiger charge is -2.30. The van der Waals surface area contributed by atoms with E-state index in [0.717, 1.165) is 18.4 Å². The minimum Gasteiger partial charge on any atom is -0.493 e. The zero-order valence-electron chi connectivity index (χ0n) is 29.9. The van der Waals surface area contributed by atoms with Crippen LogP contribution in [0.5, 0.6) is 11.5 Å². The Hall–Kier alpha value is -3.46. The Morgan fingerprint density at radius 3 is 2.02 bits per heavy atom. The third-order valence-corrected chi connectivity index (χ3v) is 8.21. The van der Waals surface area contributed by atoms with Crippen molar-refractivity contribution in [2.24, 2.45) is 46.3 Å². The Balaban J connectivity index is 0.00000213. The standard InChI is InChI=1S/C30H53N3O6.C4H7NO4/c1-19(2)22(14-21-10-11-26(38-8)27(15-21)39-13-9-12-37-7)16-24(31)25(34)17-23(20(3)4)28(35)33-18-30(5,6)29(32)36;5-2(4(8)9)1-3(6)7/h10-11,15,19-20,22-25,34H,9,12-14,16-18,31H2,1-8H3,(H2,32,36)(H,33,35);2H,1,5H2,(H,6,7)(H,8,9)/t22-,23-,24-,25-;2-/m00/s1. The number of carboxylic acids is 2. The van der Waals surface area contributed by atoms with Crippen LogP contribution in [0.3, 0.4) is 0 Å². The summed E-state index contributed by atoms with van der Waals surface area (Å²) in [5, 5.41) is 29.9. The van der Waals surface area contributed by atoms with Crippen molar-refractivity contribution in [2.75, 3.05) is 34.0 Å². The molecule has 2 amide bonds. The van der Waals surface area contributed by atoms with E-state index in [0.29, 0.717) is 37.1 Å². The van der Waals surface area contributed by atoms with Crippen LogP contribution in [0.4, 0.5) is 0 Å². The zero-order valence-corrected chi connectivity index (χ0v) is 29.9. The first-order chi connectivity index (χ1) is 22.3. The number of aliphatic carboxylic acids is 2. The normalized spacial score (nSPS) is 14.6. The lowest BCUT2D eigenvalue weighted by Crippen LogP contribution is -2.46. The Labute approximate surface area is 285 Å². The van der Waals surface area contributed by atoms with E-state index in [4.69, 9.17) is 41.6 Å². The molecule has 0 saturated heterocycles. The predicted octanol–water partition coefficient (Wildman–Crippen LogP) is 2.17. The van der Waals surface area contributed by atoms with Crippen LogP contribution < -0.4 is 32.0 Å². The molecule has 1 aromatic rings. The number of nitrogens with two attached hydrogens (primary N) is 3. The molecule has 0 heterocycles. The quantitative estimate of drug-likeness (QED) is 0.0869. The maximum Gasteiger partial charge on any atom is 0.321 e. The number of hydrogen-bond donors (Lipinski definition) is 7. The maximum atomic E-state index is 12.9. The van der Waals surface area contributed by atoms with Crippen molar-refractivity contribution in [1.82, 2.24) is 5.32 Å². The number of methoxy groups -OCH3 is 2. The maximum absolute atomic E-state index is 12.9. The summed E-state index contributed by atoms with van der Waals surface area (Å²) in [5.41, 5.74) is 17.0. The van der Waals surface area contributed by atoms with Crippen LogP contribution in [-0.2, 0) is 30.3 Å². The van der Waals surface area contributed by atoms with E-state index < -0.39 is 53.8 Å². The van der Waals surface area contributed by atoms with Gasteiger partial charge in [-0.25, -0.2) is 0 Å². The van der Waals surface area contributed by atoms with Gasteiger partial charge in [0, 0.05) is 38.6 Å². The largest absolute Gasteiger partial charge is 0.493 e. The minimum absolute atomic E-state index is 0.00829. The Kier molecular flexibility index (Phi) is 20.6. The lowest BCUT2D eigenvalue weighted by molar-refractivity contribution is -0.144. The summed E-state index contributed by atoms with van der Waals surface area (Å²) in [5.74, 6) is -1.71. The SMILES string of the molecule is COCCCOc1cc(C[C@@H](C[C@H](N)[C@@H](O)C[C@H](C(=O)NCC(C)(C)C(N)=O)C(C)C)C(C)C)ccc1OC.N[C@@H](CC(=O)O)C(=O)O. The average Bonchev–Trinajstić information content (AvgIpc) is 3.00. The van der Waals surface area contributed by atoms with Gasteiger partial charge in [-0.15, -0.1) is 0 Å². The van der Waals surface area contributed by atoms with Gasteiger partial charge in [0.1, 0.15) is 6.04 Å². The van der Waals surface area contributed by atoms with Crippen molar-refractivity contribution in [3.8, 4) is 11.5 Å². The van der Waals surface area contributed by atoms with Gasteiger partial charge in [0.05, 0.1) is 31.7 Å². The summed E-state index contributed by atoms with van der Waals surface area (Å²) in [6.45, 7) is 12.9. The van der Waals surface area contributed by atoms with Gasteiger partial charge < -0.3 is 52.0 Å². The van der Waals surface area contributed by atoms with Gasteiger partial charge in [0.15, 0.2) is 11.5 Å². The second-order valence-electron chi connectivity index (χ2n) is 13.4. The molecule has 0 radical (unpaired) electrons. The topological polar surface area (TPSA) is 247 Å². The van der Waals surface area contributed by atoms with Crippen LogP contribution in [-0.4, -0.2) is 91.2 Å². The summed E-state index contributed by atoms with van der Waals surface area (Å²) in [6.07, 6.45) is 1.03. The van der Waals surface area contributed by atoms with Gasteiger partial charge >= 0.3 is 11.9 Å². The highest BCUT2D eigenvalue weighted by molar-refractivity contribution is 5.83. The number of aliphatic hydroxyl groups is 1. The average molecular weight is 685 g/mol. The van der Waals surface area contributed by atoms with E-state index in [1.807, 2.05) is 32.0 Å². The predicted molar refractivity (Wildman–Crippen MR) is 182 cm³/mol. The molecule has 0 aliphatic carbocycles. The van der Waals surface area contributed by atoms with E-state index in [9.17, 15) is 24.3 Å². The zero-order chi connectivity index (χ0) is 37.2. The van der Waals surface area contributed by atoms with Crippen LogP contribution in [0.25, 0.3) is 0 Å². The molecule has 0 spiro atoms. The van der Waals surface area contributed by atoms with E-state index in [1.54, 1.807) is 28.1 Å². The summed E-state index contributed by atoms with van der Waals surface area (Å²) < 4.78 is 16.5. The van der Waals surface area contributed by atoms with Gasteiger partial charge in [-0.1, -0.05) is 33.8 Å². The van der Waals surface area contributed by atoms with Crippen LogP contribution in [0.15, 0.2) is 18.2 Å². The summed E-state index contributed by atoms with van der Waals surface area (Å²) in [4.78, 5) is 44.2. The van der Waals surface area contributed by atoms with Crippen molar-refractivity contribution < 1.29 is 48.7 Å². The minimum atomic E-state index is -1.29. The highest BCUT2D eigenvalue weighted by Gasteiger charge is 2.32. The van der Waals surface area contributed by atoms with Gasteiger partial charge in [-0.3, -0.25) is 19.2 Å². The van der Waals surface area contributed by atoms with Gasteiger partial charge in [-0.2, -0.15) is 0 Å². The van der Waals surface area contributed by atoms with Gasteiger partial charge in [0.25, 0.3) is 0 Å². The molecule has 5 atom stereocenters. The van der Waals surface area contributed by atoms with Crippen molar-refractivity contribution in [3.63, 3.8) is 0 Å². The van der Waals surface area contributed by atoms with Crippen molar-refractivity contribution >= 4 is 23.8 Å². The highest BCUT2D eigenvalue weighted by Crippen LogP contribution is 2.32. The number of nitrogens with one attached hydrogen (secondary N) is 1. The molecule has 0 fully saturated rings. The van der Waals surface area contributed by atoms with E-state index in [2.05, 4.69) is 19.2 Å². The molecule has 14 heteroatoms. The summed E-state index contributed by atoms with van der Waals surface area (Å²) >= 11 is 0. The summed E-state index contributed by atoms with van der Waals surface area (Å²) in [6, 6.07) is 4.18. The first-order valence-corrected chi connectivity index (χ1v) is 16.3. The number of amides is 2. The number of carbonyl (C=O) groups is 4. The first-order valence-electron chi connectivity index (χ1n) is 16.3. The molecule has 10 N–H and O–H groups in total. The number of benzene rings is 1. The number of rotatable bonds is 22. The van der Waals surface area contributed by atoms with Crippen molar-refractivity contribution in [3.05, 3.63) is 23.8 Å². The molecule has 1 rings (SSSR count). The molecule has 0 saturated carbocycles. The van der Waals surface area contributed by atoms with Crippen LogP contribution in [0.1, 0.15) is 72.8 Å². The third kappa shape index (κ3) is 17.1. The van der Waals surface area contributed by atoms with Gasteiger partial charge in [-0.05, 0) is 68.6 Å². The smallest absolute Gasteiger partial charge is 0.321 e. The number of carboxylic acid groups (broad SMARTS) is 2. The molecule has 0 bridgehead atoms. The molecule has 48 heavy (non-hydrogen) atoms. The third-order valence-electron chi connectivity index (χ3n) is 8.21. The van der Waals surface area contributed by atoms with E-state index in [1.165, 1.54) is 0 Å². The molecule has 1 aromatic carbocycles. The Morgan fingerprint density at radius 1 is 0.938 bits per heavy atom. The number of aliphatic hydroxyl groups excluding tert-OH is 1. The van der Waals surface area contributed by atoms with Crippen molar-refractivity contribution in [1.29, 1.82) is 0 Å². The molecule has 0 aromatic heterocycles. The molecular weight excluding hydrogens is 624 g/mol. The fourth-order valence-corrected chi connectivity index (χ4v) is 4.67. The van der Waals surface area contributed by atoms with Crippen LogP contribution in [0.2, 0.25) is 0 Å². The monoisotopic (exact) mass is 684 g/mol. The lowest BCUT2D eigenvalue weighted by atomic mass is 9.80. The molecule has 0 aliphatic heterocycles. The van der Waals surface area contributed by atoms with Crippen LogP contribution >= 0.6 is 0 Å². The van der Waals surface area contributed by atoms with Gasteiger partial charge in [0.2, 0.25) is 11.8 Å². The number of carbonyl (C=O) groups excluding carboxylic acids is 2. The molecular formula is C34H60N4O10. The molecule has 0 aliphatic rings. The molecule has 0 unspecified atom stereocenters. The molecule has 276 valence electrons. The number of ether oxygens (including phenoxy) is 3.